The molecule has 0 aliphatic heterocycles. The maximum absolute atomic E-state index is 13.2. The Morgan fingerprint density at radius 1 is 1.32 bits per heavy atom. The van der Waals surface area contributed by atoms with Gasteiger partial charge >= 0.3 is 5.97 Å². The molecule has 0 aliphatic rings. The molecular formula is C19H26FNO3Si. The molecule has 0 heterocycles. The summed E-state index contributed by atoms with van der Waals surface area (Å²) in [6.45, 7) is 10.8. The molecule has 0 fully saturated rings. The fourth-order valence-corrected chi connectivity index (χ4v) is 2.69. The molecule has 0 aromatic heterocycles. The summed E-state index contributed by atoms with van der Waals surface area (Å²) in [5, 5.41) is 2.67. The second-order valence-electron chi connectivity index (χ2n) is 7.44. The third-order valence-electron chi connectivity index (χ3n) is 4.46. The van der Waals surface area contributed by atoms with Crippen molar-refractivity contribution in [2.75, 3.05) is 7.11 Å². The number of methoxy groups -OCH3 is 1. The minimum atomic E-state index is -1.80. The summed E-state index contributed by atoms with van der Waals surface area (Å²) in [5.41, 5.74) is 3.45. The molecule has 0 unspecified atom stereocenters. The molecule has 25 heavy (non-hydrogen) atoms. The first kappa shape index (κ1) is 20.9. The van der Waals surface area contributed by atoms with Crippen LogP contribution in [0.3, 0.4) is 0 Å². The van der Waals surface area contributed by atoms with Crippen LogP contribution in [-0.2, 0) is 9.53 Å². The van der Waals surface area contributed by atoms with Gasteiger partial charge in [0.25, 0.3) is 5.91 Å². The van der Waals surface area contributed by atoms with Crippen LogP contribution in [0.4, 0.5) is 4.39 Å². The zero-order chi connectivity index (χ0) is 19.3. The van der Waals surface area contributed by atoms with Crippen LogP contribution in [0, 0.1) is 17.3 Å². The van der Waals surface area contributed by atoms with Crippen molar-refractivity contribution in [1.82, 2.24) is 5.32 Å². The van der Waals surface area contributed by atoms with E-state index in [1.807, 2.05) is 0 Å². The topological polar surface area (TPSA) is 55.4 Å². The van der Waals surface area contributed by atoms with Crippen LogP contribution in [0.2, 0.25) is 18.1 Å². The lowest BCUT2D eigenvalue weighted by Gasteiger charge is -2.31. The van der Waals surface area contributed by atoms with Gasteiger partial charge in [-0.3, -0.25) is 4.79 Å². The standard InChI is InChI=1S/C19H26FNO3Si/c1-19(2,3)25(5,6)12-8-11-16(18(23)24-4)21-17(22)14-9-7-10-15(20)13-14/h7,9-10,13,16H,11H2,1-6H3,(H,21,22)/t16-/m1/s1. The van der Waals surface area contributed by atoms with Gasteiger partial charge in [-0.05, 0) is 23.2 Å². The highest BCUT2D eigenvalue weighted by Crippen LogP contribution is 2.35. The van der Waals surface area contributed by atoms with Crippen molar-refractivity contribution in [3.63, 3.8) is 0 Å². The molecule has 0 saturated heterocycles. The van der Waals surface area contributed by atoms with Crippen LogP contribution in [0.15, 0.2) is 24.3 Å². The third-order valence-corrected chi connectivity index (χ3v) is 9.01. The molecule has 0 aliphatic carbocycles. The lowest BCUT2D eigenvalue weighted by molar-refractivity contribution is -0.142. The van der Waals surface area contributed by atoms with Crippen molar-refractivity contribution in [3.05, 3.63) is 35.6 Å². The van der Waals surface area contributed by atoms with Gasteiger partial charge in [0.1, 0.15) is 19.9 Å². The van der Waals surface area contributed by atoms with Crippen LogP contribution in [-0.4, -0.2) is 33.1 Å². The van der Waals surface area contributed by atoms with E-state index in [1.54, 1.807) is 0 Å². The smallest absolute Gasteiger partial charge is 0.329 e. The van der Waals surface area contributed by atoms with Crippen molar-refractivity contribution in [2.24, 2.45) is 0 Å². The molecule has 1 rings (SSSR count). The van der Waals surface area contributed by atoms with Crippen LogP contribution >= 0.6 is 0 Å². The molecule has 4 nitrogen and oxygen atoms in total. The Morgan fingerprint density at radius 3 is 2.48 bits per heavy atom. The van der Waals surface area contributed by atoms with Gasteiger partial charge in [0, 0.05) is 12.0 Å². The molecule has 6 heteroatoms. The van der Waals surface area contributed by atoms with Gasteiger partial charge in [-0.1, -0.05) is 39.9 Å². The van der Waals surface area contributed by atoms with Gasteiger partial charge in [-0.15, -0.1) is 11.5 Å². The third kappa shape index (κ3) is 6.02. The average Bonchev–Trinajstić information content (AvgIpc) is 2.51. The quantitative estimate of drug-likeness (QED) is 0.506. The van der Waals surface area contributed by atoms with Gasteiger partial charge in [0.2, 0.25) is 0 Å². The number of benzene rings is 1. The number of carbonyl (C=O) groups is 2. The summed E-state index contributed by atoms with van der Waals surface area (Å²) in [6, 6.07) is 4.39. The second-order valence-corrected chi connectivity index (χ2v) is 12.4. The Kier molecular flexibility index (Phi) is 6.94. The molecular weight excluding hydrogens is 337 g/mol. The zero-order valence-corrected chi connectivity index (χ0v) is 16.7. The van der Waals surface area contributed by atoms with Crippen molar-refractivity contribution in [1.29, 1.82) is 0 Å². The molecule has 136 valence electrons. The van der Waals surface area contributed by atoms with E-state index < -0.39 is 31.8 Å². The minimum Gasteiger partial charge on any atom is -0.467 e. The maximum atomic E-state index is 13.2. The van der Waals surface area contributed by atoms with Crippen molar-refractivity contribution >= 4 is 20.0 Å². The highest BCUT2D eigenvalue weighted by Gasteiger charge is 2.33. The van der Waals surface area contributed by atoms with E-state index in [0.717, 1.165) is 6.07 Å². The monoisotopic (exact) mass is 363 g/mol. The second kappa shape index (κ2) is 8.30. The van der Waals surface area contributed by atoms with Crippen LogP contribution in [0.5, 0.6) is 0 Å². The molecule has 0 bridgehead atoms. The van der Waals surface area contributed by atoms with Crippen molar-refractivity contribution in [2.45, 2.75) is 51.4 Å². The Bertz CT molecular complexity index is 699. The van der Waals surface area contributed by atoms with Crippen LogP contribution < -0.4 is 5.32 Å². The number of rotatable bonds is 4. The summed E-state index contributed by atoms with van der Waals surface area (Å²) in [7, 11) is -0.549. The lowest BCUT2D eigenvalue weighted by Crippen LogP contribution is -2.41. The first-order valence-corrected chi connectivity index (χ1v) is 11.1. The number of ether oxygens (including phenoxy) is 1. The van der Waals surface area contributed by atoms with Gasteiger partial charge in [0.05, 0.1) is 7.11 Å². The first-order valence-electron chi connectivity index (χ1n) is 8.12. The fraction of sp³-hybridized carbons (Fsp3) is 0.474. The van der Waals surface area contributed by atoms with E-state index in [2.05, 4.69) is 50.6 Å². The number of esters is 1. The Balaban J connectivity index is 2.90. The summed E-state index contributed by atoms with van der Waals surface area (Å²) in [6.07, 6.45) is 0.153. The summed E-state index contributed by atoms with van der Waals surface area (Å²) >= 11 is 0. The highest BCUT2D eigenvalue weighted by molar-refractivity contribution is 6.87. The summed E-state index contributed by atoms with van der Waals surface area (Å²) in [5.74, 6) is 1.41. The van der Waals surface area contributed by atoms with Gasteiger partial charge in [0.15, 0.2) is 0 Å². The average molecular weight is 364 g/mol. The van der Waals surface area contributed by atoms with Crippen LogP contribution in [0.1, 0.15) is 37.6 Å². The summed E-state index contributed by atoms with van der Waals surface area (Å²) in [4.78, 5) is 24.2. The molecule has 0 radical (unpaired) electrons. The summed E-state index contributed by atoms with van der Waals surface area (Å²) < 4.78 is 18.0. The normalized spacial score (nSPS) is 12.6. The van der Waals surface area contributed by atoms with E-state index >= 15 is 0 Å². The molecule has 1 amide bonds. The van der Waals surface area contributed by atoms with Gasteiger partial charge in [-0.25, -0.2) is 9.18 Å². The lowest BCUT2D eigenvalue weighted by atomic mass is 10.1. The number of amides is 1. The molecule has 0 spiro atoms. The molecule has 1 aromatic rings. The first-order chi connectivity index (χ1) is 11.5. The number of nitrogens with one attached hydrogen (secondary N) is 1. The minimum absolute atomic E-state index is 0.103. The Hall–Kier alpha value is -2.13. The highest BCUT2D eigenvalue weighted by atomic mass is 28.3. The van der Waals surface area contributed by atoms with Crippen molar-refractivity contribution in [3.8, 4) is 11.5 Å². The molecule has 1 N–H and O–H groups in total. The molecule has 1 aromatic carbocycles. The molecule has 0 saturated carbocycles. The number of halogens is 1. The maximum Gasteiger partial charge on any atom is 0.329 e. The largest absolute Gasteiger partial charge is 0.467 e. The predicted molar refractivity (Wildman–Crippen MR) is 99.3 cm³/mol. The van der Waals surface area contributed by atoms with Crippen LogP contribution in [0.25, 0.3) is 0 Å². The van der Waals surface area contributed by atoms with Gasteiger partial charge < -0.3 is 10.1 Å². The van der Waals surface area contributed by atoms with Gasteiger partial charge in [-0.2, -0.15) is 0 Å². The van der Waals surface area contributed by atoms with E-state index in [0.29, 0.717) is 0 Å². The van der Waals surface area contributed by atoms with E-state index in [-0.39, 0.29) is 17.0 Å². The molecule has 1 atom stereocenters. The number of carbonyl (C=O) groups excluding carboxylic acids is 2. The van der Waals surface area contributed by atoms with E-state index in [4.69, 9.17) is 4.74 Å². The number of hydrogen-bond donors (Lipinski definition) is 1. The van der Waals surface area contributed by atoms with Crippen molar-refractivity contribution < 1.29 is 18.7 Å². The zero-order valence-electron chi connectivity index (χ0n) is 15.7. The predicted octanol–water partition coefficient (Wildman–Crippen LogP) is 3.54. The Morgan fingerprint density at radius 2 is 1.96 bits per heavy atom. The Labute approximate surface area is 150 Å². The SMILES string of the molecule is COC(=O)[C@@H](CC#C[Si](C)(C)C(C)(C)C)NC(=O)c1cccc(F)c1. The number of hydrogen-bond acceptors (Lipinski definition) is 3. The fourth-order valence-electron chi connectivity index (χ4n) is 1.77. The van der Waals surface area contributed by atoms with E-state index in [9.17, 15) is 14.0 Å². The van der Waals surface area contributed by atoms with E-state index in [1.165, 1.54) is 25.3 Å².